The third kappa shape index (κ3) is 5.31. The van der Waals surface area contributed by atoms with Gasteiger partial charge in [0, 0.05) is 31.3 Å². The van der Waals surface area contributed by atoms with Crippen molar-refractivity contribution in [2.24, 2.45) is 0 Å². The van der Waals surface area contributed by atoms with Gasteiger partial charge in [-0.05, 0) is 18.7 Å². The summed E-state index contributed by atoms with van der Waals surface area (Å²) in [4.78, 5) is 35.8. The Labute approximate surface area is 159 Å². The van der Waals surface area contributed by atoms with Crippen molar-refractivity contribution in [1.82, 2.24) is 14.6 Å². The maximum Gasteiger partial charge on any atom is 0.341 e. The first-order valence-electron chi connectivity index (χ1n) is 8.40. The summed E-state index contributed by atoms with van der Waals surface area (Å²) in [5, 5.41) is 11.7. The molecule has 0 spiro atoms. The standard InChI is InChI=1S/C14H22N3O8PS/c1-9-7-17(14(20)15-13(9)19)12-6-10(18)11(24-12)8-23-26(21,27)25-16-2-4-22-5-3-16/h7,10-12,18H,2-6,8H2,1H3,(H,21,27)(H,15,19,20)/t10-,11+,12+,26?/m0/s1. The highest BCUT2D eigenvalue weighted by Crippen LogP contribution is 2.45. The summed E-state index contributed by atoms with van der Waals surface area (Å²) >= 11 is 4.98. The molecule has 3 rings (SSSR count). The van der Waals surface area contributed by atoms with Gasteiger partial charge in [-0.25, -0.2) is 9.42 Å². The Balaban J connectivity index is 1.58. The van der Waals surface area contributed by atoms with Gasteiger partial charge in [0.15, 0.2) is 0 Å². The predicted molar refractivity (Wildman–Crippen MR) is 96.5 cm³/mol. The lowest BCUT2D eigenvalue weighted by Gasteiger charge is -2.29. The van der Waals surface area contributed by atoms with Crippen LogP contribution >= 0.6 is 6.72 Å². The molecule has 1 aromatic rings. The molecule has 1 aromatic heterocycles. The van der Waals surface area contributed by atoms with Crippen molar-refractivity contribution in [2.75, 3.05) is 32.9 Å². The molecule has 3 heterocycles. The van der Waals surface area contributed by atoms with Crippen LogP contribution in [0.1, 0.15) is 18.2 Å². The van der Waals surface area contributed by atoms with Gasteiger partial charge in [0.25, 0.3) is 5.56 Å². The molecule has 0 radical (unpaired) electrons. The lowest BCUT2D eigenvalue weighted by molar-refractivity contribution is -0.130. The molecule has 13 heteroatoms. The molecule has 0 amide bonds. The largest absolute Gasteiger partial charge is 0.390 e. The topological polar surface area (TPSA) is 135 Å². The SMILES string of the molecule is Cc1cn([C@H]2C[C@H](O)[C@@H](COP(O)(=S)ON3CCOCC3)O2)c(=O)[nH]c1=O. The van der Waals surface area contributed by atoms with E-state index in [1.807, 2.05) is 0 Å². The van der Waals surface area contributed by atoms with Crippen molar-refractivity contribution >= 4 is 18.5 Å². The van der Waals surface area contributed by atoms with Crippen LogP contribution in [-0.4, -0.2) is 69.7 Å². The number of nitrogens with zero attached hydrogens (tertiary/aromatic N) is 2. The molecule has 3 N–H and O–H groups in total. The molecular weight excluding hydrogens is 401 g/mol. The van der Waals surface area contributed by atoms with E-state index in [9.17, 15) is 19.6 Å². The van der Waals surface area contributed by atoms with Crippen molar-refractivity contribution in [3.63, 3.8) is 0 Å². The van der Waals surface area contributed by atoms with E-state index in [-0.39, 0.29) is 13.0 Å². The lowest BCUT2D eigenvalue weighted by Crippen LogP contribution is -2.36. The van der Waals surface area contributed by atoms with E-state index in [4.69, 9.17) is 30.4 Å². The number of aromatic amines is 1. The average molecular weight is 423 g/mol. The fourth-order valence-corrected chi connectivity index (χ4v) is 4.10. The van der Waals surface area contributed by atoms with E-state index >= 15 is 0 Å². The number of hydrogen-bond acceptors (Lipinski definition) is 9. The quantitative estimate of drug-likeness (QED) is 0.489. The highest BCUT2D eigenvalue weighted by molar-refractivity contribution is 8.07. The van der Waals surface area contributed by atoms with Gasteiger partial charge in [-0.1, -0.05) is 0 Å². The molecule has 0 saturated carbocycles. The van der Waals surface area contributed by atoms with E-state index in [0.29, 0.717) is 31.9 Å². The number of aryl methyl sites for hydroxylation is 1. The van der Waals surface area contributed by atoms with Crippen molar-refractivity contribution in [2.45, 2.75) is 31.8 Å². The second kappa shape index (κ2) is 8.60. The third-order valence-electron chi connectivity index (χ3n) is 4.25. The van der Waals surface area contributed by atoms with E-state index in [0.717, 1.165) is 0 Å². The first-order valence-corrected chi connectivity index (χ1v) is 11.0. The normalized spacial score (nSPS) is 28.9. The van der Waals surface area contributed by atoms with Crippen molar-refractivity contribution < 1.29 is 28.6 Å². The predicted octanol–water partition coefficient (Wildman–Crippen LogP) is -1.01. The number of morpholine rings is 1. The highest BCUT2D eigenvalue weighted by atomic mass is 32.5. The highest BCUT2D eigenvalue weighted by Gasteiger charge is 2.37. The number of aliphatic hydroxyl groups is 1. The van der Waals surface area contributed by atoms with Crippen LogP contribution in [0.5, 0.6) is 0 Å². The maximum atomic E-state index is 12.0. The number of aliphatic hydroxyl groups excluding tert-OH is 1. The summed E-state index contributed by atoms with van der Waals surface area (Å²) in [5.41, 5.74) is -0.764. The van der Waals surface area contributed by atoms with Crippen LogP contribution in [0, 0.1) is 6.92 Å². The number of ether oxygens (including phenoxy) is 2. The Morgan fingerprint density at radius 3 is 2.81 bits per heavy atom. The molecule has 11 nitrogen and oxygen atoms in total. The molecule has 27 heavy (non-hydrogen) atoms. The van der Waals surface area contributed by atoms with Crippen LogP contribution in [0.2, 0.25) is 0 Å². The lowest BCUT2D eigenvalue weighted by atomic mass is 10.2. The number of rotatable bonds is 6. The number of hydroxylamine groups is 2. The van der Waals surface area contributed by atoms with Crippen molar-refractivity contribution in [3.8, 4) is 0 Å². The van der Waals surface area contributed by atoms with E-state index in [1.165, 1.54) is 15.8 Å². The second-order valence-electron chi connectivity index (χ2n) is 6.30. The summed E-state index contributed by atoms with van der Waals surface area (Å²) in [6.07, 6.45) is -1.02. The van der Waals surface area contributed by atoms with Crippen LogP contribution in [0.4, 0.5) is 0 Å². The van der Waals surface area contributed by atoms with Crippen LogP contribution in [-0.2, 0) is 30.4 Å². The van der Waals surface area contributed by atoms with Gasteiger partial charge < -0.3 is 24.0 Å². The third-order valence-corrected chi connectivity index (χ3v) is 5.68. The van der Waals surface area contributed by atoms with E-state index in [2.05, 4.69) is 4.98 Å². The fourth-order valence-electron chi connectivity index (χ4n) is 2.80. The number of aromatic nitrogens is 2. The molecule has 2 fully saturated rings. The molecule has 2 aliphatic rings. The van der Waals surface area contributed by atoms with Gasteiger partial charge in [-0.15, -0.1) is 0 Å². The summed E-state index contributed by atoms with van der Waals surface area (Å²) in [6, 6.07) is 0. The van der Waals surface area contributed by atoms with Gasteiger partial charge in [0.05, 0.1) is 25.9 Å². The summed E-state index contributed by atoms with van der Waals surface area (Å²) < 4.78 is 22.6. The minimum Gasteiger partial charge on any atom is -0.390 e. The van der Waals surface area contributed by atoms with Gasteiger partial charge in [0.1, 0.15) is 12.3 Å². The zero-order valence-electron chi connectivity index (χ0n) is 14.6. The van der Waals surface area contributed by atoms with E-state index < -0.39 is 36.4 Å². The summed E-state index contributed by atoms with van der Waals surface area (Å²) in [7, 11) is 0. The van der Waals surface area contributed by atoms with Gasteiger partial charge in [-0.3, -0.25) is 14.3 Å². The molecule has 1 unspecified atom stereocenters. The summed E-state index contributed by atoms with van der Waals surface area (Å²) in [5.74, 6) is 0. The van der Waals surface area contributed by atoms with Crippen LogP contribution in [0.25, 0.3) is 0 Å². The minimum absolute atomic E-state index is 0.123. The first-order chi connectivity index (χ1) is 12.7. The Morgan fingerprint density at radius 2 is 2.11 bits per heavy atom. The monoisotopic (exact) mass is 423 g/mol. The second-order valence-corrected chi connectivity index (χ2v) is 9.04. The van der Waals surface area contributed by atoms with Gasteiger partial charge >= 0.3 is 12.4 Å². The molecule has 4 atom stereocenters. The van der Waals surface area contributed by atoms with Gasteiger partial charge in [0.2, 0.25) is 0 Å². The first kappa shape index (κ1) is 20.8. The van der Waals surface area contributed by atoms with Gasteiger partial charge in [-0.2, -0.15) is 5.06 Å². The Hall–Kier alpha value is -0.950. The zero-order chi connectivity index (χ0) is 19.6. The summed E-state index contributed by atoms with van der Waals surface area (Å²) in [6.45, 7) is -0.346. The fraction of sp³-hybridized carbons (Fsp3) is 0.714. The average Bonchev–Trinajstić information content (AvgIpc) is 2.97. The smallest absolute Gasteiger partial charge is 0.341 e. The molecule has 2 saturated heterocycles. The Morgan fingerprint density at radius 1 is 1.41 bits per heavy atom. The molecule has 0 bridgehead atoms. The van der Waals surface area contributed by atoms with Crippen molar-refractivity contribution in [1.29, 1.82) is 0 Å². The van der Waals surface area contributed by atoms with Crippen LogP contribution < -0.4 is 11.2 Å². The zero-order valence-corrected chi connectivity index (χ0v) is 16.4. The molecular formula is C14H22N3O8PS. The molecule has 152 valence electrons. The van der Waals surface area contributed by atoms with Crippen molar-refractivity contribution in [3.05, 3.63) is 32.6 Å². The number of nitrogens with one attached hydrogen (secondary N) is 1. The molecule has 0 aliphatic carbocycles. The van der Waals surface area contributed by atoms with Crippen LogP contribution in [0.3, 0.4) is 0 Å². The minimum atomic E-state index is -3.56. The number of H-pyrrole nitrogens is 1. The number of hydrogen-bond donors (Lipinski definition) is 3. The molecule has 2 aliphatic heterocycles. The maximum absolute atomic E-state index is 12.0. The Bertz CT molecular complexity index is 823. The molecule has 0 aromatic carbocycles. The van der Waals surface area contributed by atoms with Crippen LogP contribution in [0.15, 0.2) is 15.8 Å². The Kier molecular flexibility index (Phi) is 6.62. The van der Waals surface area contributed by atoms with E-state index in [1.54, 1.807) is 6.92 Å².